The molecule has 1 heterocycles. The zero-order chi connectivity index (χ0) is 15.4. The zero-order valence-corrected chi connectivity index (χ0v) is 14.0. The maximum Gasteiger partial charge on any atom is 0.249 e. The molecule has 128 valence electrons. The first-order chi connectivity index (χ1) is 10.7. The van der Waals surface area contributed by atoms with Crippen molar-refractivity contribution in [2.45, 2.75) is 37.8 Å². The van der Waals surface area contributed by atoms with E-state index >= 15 is 0 Å². The molecule has 1 unspecified atom stereocenters. The van der Waals surface area contributed by atoms with Crippen LogP contribution in [-0.2, 0) is 9.53 Å². The third-order valence-corrected chi connectivity index (χ3v) is 4.54. The largest absolute Gasteiger partial charge is 0.368 e. The minimum Gasteiger partial charge on any atom is -0.368 e. The number of nitrogens with one attached hydrogen (secondary N) is 1. The van der Waals surface area contributed by atoms with Crippen LogP contribution in [0, 0.1) is 5.82 Å². The van der Waals surface area contributed by atoms with Crippen molar-refractivity contribution in [3.8, 4) is 0 Å². The van der Waals surface area contributed by atoms with Gasteiger partial charge in [0.2, 0.25) is 5.91 Å². The minimum absolute atomic E-state index is 0. The lowest BCUT2D eigenvalue weighted by atomic mass is 10.0. The van der Waals surface area contributed by atoms with E-state index in [0.29, 0.717) is 13.1 Å². The standard InChI is InChI=1S/C17H23FN2O2.ClH/c18-14-5-3-4-13(10-14)16-11-19-8-9-20(16)17(21)12-22-15-6-1-2-7-15;/h3-5,10,15-16,19H,1-2,6-9,11-12H2;1H. The molecule has 1 aliphatic carbocycles. The Bertz CT molecular complexity index is 523. The van der Waals surface area contributed by atoms with Gasteiger partial charge in [-0.15, -0.1) is 12.4 Å². The van der Waals surface area contributed by atoms with Crippen LogP contribution in [0.25, 0.3) is 0 Å². The Balaban J connectivity index is 0.00000192. The quantitative estimate of drug-likeness (QED) is 0.914. The molecular weight excluding hydrogens is 319 g/mol. The maximum atomic E-state index is 13.5. The molecule has 23 heavy (non-hydrogen) atoms. The van der Waals surface area contributed by atoms with E-state index in [9.17, 15) is 9.18 Å². The van der Waals surface area contributed by atoms with Gasteiger partial charge in [-0.05, 0) is 30.5 Å². The number of hydrogen-bond acceptors (Lipinski definition) is 3. The van der Waals surface area contributed by atoms with Crippen LogP contribution in [-0.4, -0.2) is 43.2 Å². The van der Waals surface area contributed by atoms with Crippen molar-refractivity contribution >= 4 is 18.3 Å². The van der Waals surface area contributed by atoms with E-state index in [-0.39, 0.29) is 42.9 Å². The molecule has 0 radical (unpaired) electrons. The topological polar surface area (TPSA) is 41.6 Å². The molecule has 4 nitrogen and oxygen atoms in total. The fourth-order valence-corrected chi connectivity index (χ4v) is 3.34. The molecule has 1 amide bonds. The summed E-state index contributed by atoms with van der Waals surface area (Å²) in [4.78, 5) is 14.3. The van der Waals surface area contributed by atoms with Crippen LogP contribution < -0.4 is 5.32 Å². The Hall–Kier alpha value is -1.17. The number of carbonyl (C=O) groups excluding carboxylic acids is 1. The summed E-state index contributed by atoms with van der Waals surface area (Å²) in [5.74, 6) is -0.264. The molecule has 1 aromatic rings. The second-order valence-corrected chi connectivity index (χ2v) is 6.08. The second kappa shape index (κ2) is 8.62. The number of halogens is 2. The Kier molecular flexibility index (Phi) is 6.81. The van der Waals surface area contributed by atoms with Gasteiger partial charge >= 0.3 is 0 Å². The highest BCUT2D eigenvalue weighted by atomic mass is 35.5. The lowest BCUT2D eigenvalue weighted by Gasteiger charge is -2.36. The van der Waals surface area contributed by atoms with Crippen molar-refractivity contribution in [1.29, 1.82) is 0 Å². The molecule has 0 aromatic heterocycles. The number of benzene rings is 1. The second-order valence-electron chi connectivity index (χ2n) is 6.08. The van der Waals surface area contributed by atoms with E-state index in [4.69, 9.17) is 4.74 Å². The molecule has 1 saturated carbocycles. The summed E-state index contributed by atoms with van der Waals surface area (Å²) in [6, 6.07) is 6.38. The van der Waals surface area contributed by atoms with Gasteiger partial charge in [-0.2, -0.15) is 0 Å². The van der Waals surface area contributed by atoms with Crippen molar-refractivity contribution in [3.05, 3.63) is 35.6 Å². The average molecular weight is 343 g/mol. The summed E-state index contributed by atoms with van der Waals surface area (Å²) in [6.45, 7) is 2.18. The van der Waals surface area contributed by atoms with Crippen LogP contribution in [0.5, 0.6) is 0 Å². The monoisotopic (exact) mass is 342 g/mol. The van der Waals surface area contributed by atoms with Gasteiger partial charge in [0.15, 0.2) is 0 Å². The molecule has 1 aliphatic heterocycles. The summed E-state index contributed by atoms with van der Waals surface area (Å²) < 4.78 is 19.2. The van der Waals surface area contributed by atoms with Gasteiger partial charge in [0.25, 0.3) is 0 Å². The maximum absolute atomic E-state index is 13.5. The Labute approximate surface area is 142 Å². The van der Waals surface area contributed by atoms with Crippen LogP contribution in [0.2, 0.25) is 0 Å². The van der Waals surface area contributed by atoms with Crippen molar-refractivity contribution < 1.29 is 13.9 Å². The van der Waals surface area contributed by atoms with Crippen LogP contribution >= 0.6 is 12.4 Å². The highest BCUT2D eigenvalue weighted by molar-refractivity contribution is 5.85. The third-order valence-electron chi connectivity index (χ3n) is 4.54. The minimum atomic E-state index is -0.266. The van der Waals surface area contributed by atoms with Gasteiger partial charge in [-0.1, -0.05) is 25.0 Å². The van der Waals surface area contributed by atoms with E-state index in [1.165, 1.54) is 25.0 Å². The summed E-state index contributed by atoms with van der Waals surface area (Å²) in [6.07, 6.45) is 4.74. The molecular formula is C17H24ClFN2O2. The third kappa shape index (κ3) is 4.66. The van der Waals surface area contributed by atoms with Gasteiger partial charge in [-0.3, -0.25) is 4.79 Å². The first-order valence-corrected chi connectivity index (χ1v) is 8.11. The Morgan fingerprint density at radius 2 is 2.13 bits per heavy atom. The van der Waals surface area contributed by atoms with Gasteiger partial charge in [0.1, 0.15) is 12.4 Å². The molecule has 1 N–H and O–H groups in total. The highest BCUT2D eigenvalue weighted by Gasteiger charge is 2.28. The summed E-state index contributed by atoms with van der Waals surface area (Å²) in [5.41, 5.74) is 0.835. The van der Waals surface area contributed by atoms with E-state index in [1.807, 2.05) is 11.0 Å². The van der Waals surface area contributed by atoms with E-state index in [1.54, 1.807) is 6.07 Å². The highest BCUT2D eigenvalue weighted by Crippen LogP contribution is 2.24. The van der Waals surface area contributed by atoms with E-state index < -0.39 is 0 Å². The predicted molar refractivity (Wildman–Crippen MR) is 89.2 cm³/mol. The van der Waals surface area contributed by atoms with Crippen LogP contribution in [0.1, 0.15) is 37.3 Å². The molecule has 0 spiro atoms. The molecule has 1 aromatic carbocycles. The number of amides is 1. The number of hydrogen-bond donors (Lipinski definition) is 1. The van der Waals surface area contributed by atoms with Crippen molar-refractivity contribution in [2.24, 2.45) is 0 Å². The van der Waals surface area contributed by atoms with Crippen LogP contribution in [0.4, 0.5) is 4.39 Å². The number of ether oxygens (including phenoxy) is 1. The number of nitrogens with zero attached hydrogens (tertiary/aromatic N) is 1. The average Bonchev–Trinajstić information content (AvgIpc) is 3.06. The molecule has 2 aliphatic rings. The normalized spacial score (nSPS) is 22.0. The van der Waals surface area contributed by atoms with Gasteiger partial charge in [-0.25, -0.2) is 4.39 Å². The van der Waals surface area contributed by atoms with Crippen molar-refractivity contribution in [1.82, 2.24) is 10.2 Å². The molecule has 1 saturated heterocycles. The van der Waals surface area contributed by atoms with Gasteiger partial charge in [0, 0.05) is 19.6 Å². The summed E-state index contributed by atoms with van der Waals surface area (Å²) in [5, 5.41) is 3.28. The predicted octanol–water partition coefficient (Wildman–Crippen LogP) is 2.68. The SMILES string of the molecule is Cl.O=C(COC1CCCC1)N1CCNCC1c1cccc(F)c1. The summed E-state index contributed by atoms with van der Waals surface area (Å²) >= 11 is 0. The van der Waals surface area contributed by atoms with Gasteiger partial charge < -0.3 is 15.0 Å². The fourth-order valence-electron chi connectivity index (χ4n) is 3.34. The van der Waals surface area contributed by atoms with Crippen LogP contribution in [0.15, 0.2) is 24.3 Å². The molecule has 6 heteroatoms. The number of piperazine rings is 1. The summed E-state index contributed by atoms with van der Waals surface area (Å²) in [7, 11) is 0. The van der Waals surface area contributed by atoms with Crippen molar-refractivity contribution in [2.75, 3.05) is 26.2 Å². The van der Waals surface area contributed by atoms with E-state index in [2.05, 4.69) is 5.32 Å². The number of carbonyl (C=O) groups is 1. The fraction of sp³-hybridized carbons (Fsp3) is 0.588. The molecule has 1 atom stereocenters. The lowest BCUT2D eigenvalue weighted by molar-refractivity contribution is -0.141. The molecule has 2 fully saturated rings. The van der Waals surface area contributed by atoms with Crippen LogP contribution in [0.3, 0.4) is 0 Å². The van der Waals surface area contributed by atoms with Gasteiger partial charge in [0.05, 0.1) is 12.1 Å². The molecule has 3 rings (SSSR count). The number of rotatable bonds is 4. The Morgan fingerprint density at radius 3 is 2.87 bits per heavy atom. The zero-order valence-electron chi connectivity index (χ0n) is 13.2. The van der Waals surface area contributed by atoms with Crippen molar-refractivity contribution in [3.63, 3.8) is 0 Å². The lowest BCUT2D eigenvalue weighted by Crippen LogP contribution is -2.50. The Morgan fingerprint density at radius 1 is 1.35 bits per heavy atom. The first-order valence-electron chi connectivity index (χ1n) is 8.11. The smallest absolute Gasteiger partial charge is 0.249 e. The molecule has 0 bridgehead atoms. The van der Waals surface area contributed by atoms with E-state index in [0.717, 1.165) is 24.9 Å². The first kappa shape index (κ1) is 18.2.